The van der Waals surface area contributed by atoms with Gasteiger partial charge in [-0.1, -0.05) is 30.3 Å². The van der Waals surface area contributed by atoms with Gasteiger partial charge in [0.25, 0.3) is 0 Å². The lowest BCUT2D eigenvalue weighted by Crippen LogP contribution is -2.36. The number of hydrogen-bond acceptors (Lipinski definition) is 5. The van der Waals surface area contributed by atoms with Crippen LogP contribution in [0.4, 0.5) is 0 Å². The van der Waals surface area contributed by atoms with Crippen LogP contribution in [-0.2, 0) is 12.8 Å². The lowest BCUT2D eigenvalue weighted by atomic mass is 9.92. The summed E-state index contributed by atoms with van der Waals surface area (Å²) in [5.41, 5.74) is 9.79. The molecular weight excluding hydrogens is 370 g/mol. The van der Waals surface area contributed by atoms with E-state index >= 15 is 0 Å². The van der Waals surface area contributed by atoms with Crippen molar-refractivity contribution >= 4 is 11.7 Å². The fourth-order valence-electron chi connectivity index (χ4n) is 5.72. The fraction of sp³-hybridized carbons (Fsp3) is 0.480. The van der Waals surface area contributed by atoms with Crippen LogP contribution in [0.5, 0.6) is 0 Å². The van der Waals surface area contributed by atoms with Crippen molar-refractivity contribution in [3.63, 3.8) is 0 Å². The maximum atomic E-state index is 5.37. The van der Waals surface area contributed by atoms with Gasteiger partial charge in [-0.2, -0.15) is 0 Å². The van der Waals surface area contributed by atoms with Gasteiger partial charge < -0.3 is 10.6 Å². The van der Waals surface area contributed by atoms with Crippen LogP contribution in [0.15, 0.2) is 40.3 Å². The summed E-state index contributed by atoms with van der Waals surface area (Å²) < 4.78 is 0. The molecule has 2 aliphatic heterocycles. The van der Waals surface area contributed by atoms with Gasteiger partial charge in [-0.05, 0) is 67.2 Å². The first kappa shape index (κ1) is 18.1. The number of fused-ring (bicyclic) bond motifs is 2. The first-order valence-corrected chi connectivity index (χ1v) is 11.5. The smallest absolute Gasteiger partial charge is 0.191 e. The number of nitrogens with one attached hydrogen (secondary N) is 2. The molecule has 0 spiro atoms. The highest BCUT2D eigenvalue weighted by atomic mass is 15.2. The van der Waals surface area contributed by atoms with Crippen LogP contribution in [0.25, 0.3) is 11.1 Å². The molecule has 0 radical (unpaired) electrons. The van der Waals surface area contributed by atoms with Crippen LogP contribution in [-0.4, -0.2) is 36.3 Å². The monoisotopic (exact) mass is 399 g/mol. The molecule has 0 bridgehead atoms. The van der Waals surface area contributed by atoms with E-state index in [-0.39, 0.29) is 6.04 Å². The summed E-state index contributed by atoms with van der Waals surface area (Å²) in [6.45, 7) is 2.81. The summed E-state index contributed by atoms with van der Waals surface area (Å²) in [6, 6.07) is 11.2. The highest BCUT2D eigenvalue weighted by Gasteiger charge is 2.35. The predicted octanol–water partition coefficient (Wildman–Crippen LogP) is 3.94. The molecule has 6 rings (SSSR count). The van der Waals surface area contributed by atoms with Gasteiger partial charge in [0.15, 0.2) is 5.96 Å². The minimum absolute atomic E-state index is 0.252. The SMILES string of the molecule is c1ccc(-c2c3c(nc4c2CC[C@@H]4NC2=NCCN2)[C@H](CC2=NCCC2)CC3)cc1. The second kappa shape index (κ2) is 7.53. The number of hydrogen-bond donors (Lipinski definition) is 2. The standard InChI is InChI=1S/C25H29N5/c1-2-5-16(6-3-1)22-19-9-8-17(15-18-7-4-12-26-18)23(19)30-24-20(22)10-11-21(24)29-25-27-13-14-28-25/h1-3,5-6,17,21H,4,7-15H2,(H2,27,28,29)/t17-,21-/m0/s1. The summed E-state index contributed by atoms with van der Waals surface area (Å²) in [4.78, 5) is 14.7. The topological polar surface area (TPSA) is 61.7 Å². The molecule has 1 aromatic carbocycles. The molecule has 4 aliphatic rings. The molecule has 2 atom stereocenters. The second-order valence-electron chi connectivity index (χ2n) is 8.96. The average Bonchev–Trinajstić information content (AvgIpc) is 3.57. The highest BCUT2D eigenvalue weighted by molar-refractivity contribution is 5.87. The maximum Gasteiger partial charge on any atom is 0.191 e. The number of benzene rings is 1. The first-order valence-electron chi connectivity index (χ1n) is 11.5. The third kappa shape index (κ3) is 3.11. The van der Waals surface area contributed by atoms with E-state index in [4.69, 9.17) is 9.98 Å². The van der Waals surface area contributed by atoms with Crippen molar-refractivity contribution in [1.82, 2.24) is 15.6 Å². The molecule has 30 heavy (non-hydrogen) atoms. The largest absolute Gasteiger partial charge is 0.355 e. The van der Waals surface area contributed by atoms with Gasteiger partial charge in [0.05, 0.1) is 18.3 Å². The first-order chi connectivity index (χ1) is 14.9. The summed E-state index contributed by atoms with van der Waals surface area (Å²) in [5.74, 6) is 1.46. The zero-order chi connectivity index (χ0) is 19.9. The van der Waals surface area contributed by atoms with E-state index in [1.54, 1.807) is 0 Å². The Labute approximate surface area is 178 Å². The highest BCUT2D eigenvalue weighted by Crippen LogP contribution is 2.46. The van der Waals surface area contributed by atoms with Crippen LogP contribution in [0.2, 0.25) is 0 Å². The van der Waals surface area contributed by atoms with Crippen molar-refractivity contribution in [3.05, 3.63) is 52.8 Å². The Kier molecular flexibility index (Phi) is 4.55. The van der Waals surface area contributed by atoms with E-state index in [0.717, 1.165) is 51.3 Å². The molecule has 2 aromatic rings. The molecule has 2 N–H and O–H groups in total. The molecule has 2 aliphatic carbocycles. The van der Waals surface area contributed by atoms with Crippen molar-refractivity contribution in [2.24, 2.45) is 9.98 Å². The van der Waals surface area contributed by atoms with Gasteiger partial charge in [-0.15, -0.1) is 0 Å². The van der Waals surface area contributed by atoms with Gasteiger partial charge in [0, 0.05) is 30.4 Å². The number of aromatic nitrogens is 1. The zero-order valence-electron chi connectivity index (χ0n) is 17.5. The summed E-state index contributed by atoms with van der Waals surface area (Å²) in [6.07, 6.45) is 8.02. The maximum absolute atomic E-state index is 5.37. The minimum atomic E-state index is 0.252. The quantitative estimate of drug-likeness (QED) is 0.819. The van der Waals surface area contributed by atoms with Gasteiger partial charge in [0.2, 0.25) is 0 Å². The number of rotatable bonds is 4. The Morgan fingerprint density at radius 3 is 2.60 bits per heavy atom. The number of nitrogens with zero attached hydrogens (tertiary/aromatic N) is 3. The van der Waals surface area contributed by atoms with Crippen LogP contribution < -0.4 is 10.6 Å². The van der Waals surface area contributed by atoms with Gasteiger partial charge >= 0.3 is 0 Å². The predicted molar refractivity (Wildman–Crippen MR) is 121 cm³/mol. The molecular formula is C25H29N5. The van der Waals surface area contributed by atoms with E-state index in [2.05, 4.69) is 46.0 Å². The second-order valence-corrected chi connectivity index (χ2v) is 8.96. The van der Waals surface area contributed by atoms with Gasteiger partial charge in [-0.25, -0.2) is 0 Å². The zero-order valence-corrected chi connectivity index (χ0v) is 17.5. The van der Waals surface area contributed by atoms with Gasteiger partial charge in [-0.3, -0.25) is 15.0 Å². The van der Waals surface area contributed by atoms with E-state index in [1.165, 1.54) is 58.6 Å². The van der Waals surface area contributed by atoms with Crippen molar-refractivity contribution in [2.45, 2.75) is 56.9 Å². The van der Waals surface area contributed by atoms with Crippen molar-refractivity contribution in [2.75, 3.05) is 19.6 Å². The molecule has 0 saturated carbocycles. The molecule has 5 nitrogen and oxygen atoms in total. The Morgan fingerprint density at radius 1 is 0.933 bits per heavy atom. The van der Waals surface area contributed by atoms with E-state index < -0.39 is 0 Å². The van der Waals surface area contributed by atoms with E-state index in [9.17, 15) is 0 Å². The van der Waals surface area contributed by atoms with E-state index in [0.29, 0.717) is 5.92 Å². The molecule has 0 saturated heterocycles. The third-order valence-electron chi connectivity index (χ3n) is 7.09. The van der Waals surface area contributed by atoms with Crippen molar-refractivity contribution < 1.29 is 0 Å². The lowest BCUT2D eigenvalue weighted by molar-refractivity contribution is 0.610. The Balaban J connectivity index is 1.43. The third-order valence-corrected chi connectivity index (χ3v) is 7.09. The average molecular weight is 400 g/mol. The Morgan fingerprint density at radius 2 is 1.80 bits per heavy atom. The van der Waals surface area contributed by atoms with Crippen LogP contribution in [0.3, 0.4) is 0 Å². The minimum Gasteiger partial charge on any atom is -0.355 e. The van der Waals surface area contributed by atoms with E-state index in [1.807, 2.05) is 0 Å². The number of pyridine rings is 1. The Hall–Kier alpha value is -2.69. The summed E-state index contributed by atoms with van der Waals surface area (Å²) in [7, 11) is 0. The molecule has 1 aromatic heterocycles. The van der Waals surface area contributed by atoms with Crippen molar-refractivity contribution in [1.29, 1.82) is 0 Å². The van der Waals surface area contributed by atoms with Crippen LogP contribution >= 0.6 is 0 Å². The normalized spacial score (nSPS) is 24.3. The molecule has 154 valence electrons. The molecule has 5 heteroatoms. The fourth-order valence-corrected chi connectivity index (χ4v) is 5.72. The number of guanidine groups is 1. The molecule has 0 fully saturated rings. The Bertz CT molecular complexity index is 963. The summed E-state index contributed by atoms with van der Waals surface area (Å²) in [5, 5.41) is 7.01. The van der Waals surface area contributed by atoms with Gasteiger partial charge in [0.1, 0.15) is 0 Å². The van der Waals surface area contributed by atoms with Crippen molar-refractivity contribution in [3.8, 4) is 11.1 Å². The van der Waals surface area contributed by atoms with Crippen LogP contribution in [0.1, 0.15) is 66.6 Å². The lowest BCUT2D eigenvalue weighted by Gasteiger charge is -2.20. The molecule has 0 unspecified atom stereocenters. The molecule has 0 amide bonds. The summed E-state index contributed by atoms with van der Waals surface area (Å²) >= 11 is 0. The number of aliphatic imine (C=N–C) groups is 2. The van der Waals surface area contributed by atoms with Crippen LogP contribution in [0, 0.1) is 0 Å². The molecule has 3 heterocycles.